The third kappa shape index (κ3) is 2.10. The molecule has 1 aromatic rings. The smallest absolute Gasteiger partial charge is 0.101 e. The molecule has 1 aliphatic carbocycles. The molecule has 1 N–H and O–H groups in total. The lowest BCUT2D eigenvalue weighted by Crippen LogP contribution is -2.33. The van der Waals surface area contributed by atoms with Gasteiger partial charge in [-0.25, -0.2) is 0 Å². The highest BCUT2D eigenvalue weighted by atomic mass is 15.0. The Hall–Kier alpha value is -1.56. The molecular weight excluding hydrogens is 186 g/mol. The minimum absolute atomic E-state index is 0.0641. The number of nitrogens with zero attached hydrogens (tertiary/aromatic N) is 2. The first kappa shape index (κ1) is 9.97. The number of nitrogens with one attached hydrogen (secondary N) is 1. The standard InChI is InChI=1S/C12H15N3/c1-12(2,10-3-4-10)15-11-8-14-6-5-9(11)7-13/h5-6,8,10,15H,3-4H2,1-2H3. The maximum Gasteiger partial charge on any atom is 0.101 e. The summed E-state index contributed by atoms with van der Waals surface area (Å²) >= 11 is 0. The molecule has 0 bridgehead atoms. The van der Waals surface area contributed by atoms with Gasteiger partial charge in [0.05, 0.1) is 17.4 Å². The molecular formula is C12H15N3. The van der Waals surface area contributed by atoms with Crippen LogP contribution >= 0.6 is 0 Å². The number of hydrogen-bond donors (Lipinski definition) is 1. The first-order valence-electron chi connectivity index (χ1n) is 5.26. The molecule has 1 saturated carbocycles. The number of pyridine rings is 1. The van der Waals surface area contributed by atoms with Gasteiger partial charge in [-0.05, 0) is 38.7 Å². The Balaban J connectivity index is 2.20. The zero-order chi connectivity index (χ0) is 10.9. The number of rotatable bonds is 3. The minimum Gasteiger partial charge on any atom is -0.378 e. The summed E-state index contributed by atoms with van der Waals surface area (Å²) in [4.78, 5) is 4.04. The number of hydrogen-bond acceptors (Lipinski definition) is 3. The van der Waals surface area contributed by atoms with Crippen LogP contribution < -0.4 is 5.32 Å². The van der Waals surface area contributed by atoms with Crippen molar-refractivity contribution in [1.82, 2.24) is 4.98 Å². The molecule has 1 heterocycles. The molecule has 0 aliphatic heterocycles. The van der Waals surface area contributed by atoms with E-state index in [9.17, 15) is 0 Å². The summed E-state index contributed by atoms with van der Waals surface area (Å²) in [6.07, 6.45) is 5.93. The molecule has 1 aromatic heterocycles. The van der Waals surface area contributed by atoms with E-state index in [1.54, 1.807) is 18.5 Å². The first-order valence-corrected chi connectivity index (χ1v) is 5.26. The van der Waals surface area contributed by atoms with E-state index in [0.29, 0.717) is 5.56 Å². The third-order valence-corrected chi connectivity index (χ3v) is 3.00. The van der Waals surface area contributed by atoms with Crippen LogP contribution in [0.15, 0.2) is 18.5 Å². The topological polar surface area (TPSA) is 48.7 Å². The van der Waals surface area contributed by atoms with Gasteiger partial charge in [-0.3, -0.25) is 4.98 Å². The van der Waals surface area contributed by atoms with Crippen molar-refractivity contribution in [3.8, 4) is 6.07 Å². The molecule has 0 atom stereocenters. The Morgan fingerprint density at radius 2 is 2.27 bits per heavy atom. The van der Waals surface area contributed by atoms with Gasteiger partial charge in [0.15, 0.2) is 0 Å². The number of anilines is 1. The van der Waals surface area contributed by atoms with Gasteiger partial charge in [-0.2, -0.15) is 5.26 Å². The zero-order valence-electron chi connectivity index (χ0n) is 9.12. The molecule has 3 heteroatoms. The van der Waals surface area contributed by atoms with Gasteiger partial charge in [0.2, 0.25) is 0 Å². The van der Waals surface area contributed by atoms with Gasteiger partial charge in [0.25, 0.3) is 0 Å². The van der Waals surface area contributed by atoms with Gasteiger partial charge < -0.3 is 5.32 Å². The molecule has 3 nitrogen and oxygen atoms in total. The zero-order valence-corrected chi connectivity index (χ0v) is 9.12. The van der Waals surface area contributed by atoms with Crippen LogP contribution in [0.5, 0.6) is 0 Å². The van der Waals surface area contributed by atoms with Crippen LogP contribution in [0, 0.1) is 17.2 Å². The van der Waals surface area contributed by atoms with Gasteiger partial charge >= 0.3 is 0 Å². The van der Waals surface area contributed by atoms with Gasteiger partial charge in [0.1, 0.15) is 6.07 Å². The summed E-state index contributed by atoms with van der Waals surface area (Å²) in [6, 6.07) is 3.92. The summed E-state index contributed by atoms with van der Waals surface area (Å²) in [6.45, 7) is 4.36. The highest BCUT2D eigenvalue weighted by Gasteiger charge is 2.37. The Kier molecular flexibility index (Phi) is 2.36. The van der Waals surface area contributed by atoms with E-state index in [-0.39, 0.29) is 5.54 Å². The second-order valence-corrected chi connectivity index (χ2v) is 4.65. The third-order valence-electron chi connectivity index (χ3n) is 3.00. The van der Waals surface area contributed by atoms with Crippen molar-refractivity contribution in [3.05, 3.63) is 24.0 Å². The van der Waals surface area contributed by atoms with E-state index in [0.717, 1.165) is 11.6 Å². The van der Waals surface area contributed by atoms with E-state index in [4.69, 9.17) is 5.26 Å². The average Bonchev–Trinajstić information content (AvgIpc) is 3.01. The van der Waals surface area contributed by atoms with Crippen molar-refractivity contribution in [1.29, 1.82) is 5.26 Å². The van der Waals surface area contributed by atoms with Gasteiger partial charge in [-0.1, -0.05) is 0 Å². The fraction of sp³-hybridized carbons (Fsp3) is 0.500. The van der Waals surface area contributed by atoms with E-state index in [2.05, 4.69) is 30.2 Å². The summed E-state index contributed by atoms with van der Waals surface area (Å²) < 4.78 is 0. The van der Waals surface area contributed by atoms with Gasteiger partial charge in [-0.15, -0.1) is 0 Å². The average molecular weight is 201 g/mol. The second-order valence-electron chi connectivity index (χ2n) is 4.65. The van der Waals surface area contributed by atoms with E-state index in [1.165, 1.54) is 12.8 Å². The van der Waals surface area contributed by atoms with Crippen molar-refractivity contribution in [3.63, 3.8) is 0 Å². The van der Waals surface area contributed by atoms with Crippen LogP contribution in [0.1, 0.15) is 32.3 Å². The summed E-state index contributed by atoms with van der Waals surface area (Å²) in [7, 11) is 0. The fourth-order valence-corrected chi connectivity index (χ4v) is 1.85. The molecule has 2 rings (SSSR count). The first-order chi connectivity index (χ1) is 7.13. The quantitative estimate of drug-likeness (QED) is 0.817. The highest BCUT2D eigenvalue weighted by molar-refractivity contribution is 5.56. The molecule has 78 valence electrons. The minimum atomic E-state index is 0.0641. The summed E-state index contributed by atoms with van der Waals surface area (Å²) in [5.41, 5.74) is 1.57. The molecule has 0 radical (unpaired) electrons. The molecule has 1 fully saturated rings. The fourth-order valence-electron chi connectivity index (χ4n) is 1.85. The molecule has 0 spiro atoms. The molecule has 0 saturated heterocycles. The molecule has 0 unspecified atom stereocenters. The van der Waals surface area contributed by atoms with E-state index >= 15 is 0 Å². The van der Waals surface area contributed by atoms with Crippen LogP contribution in [0.3, 0.4) is 0 Å². The second kappa shape index (κ2) is 3.54. The van der Waals surface area contributed by atoms with E-state index in [1.807, 2.05) is 0 Å². The predicted molar refractivity (Wildman–Crippen MR) is 59.4 cm³/mol. The van der Waals surface area contributed by atoms with Crippen LogP contribution in [0.2, 0.25) is 0 Å². The van der Waals surface area contributed by atoms with Crippen LogP contribution in [0.25, 0.3) is 0 Å². The maximum absolute atomic E-state index is 8.95. The Bertz CT molecular complexity index is 400. The van der Waals surface area contributed by atoms with Crippen molar-refractivity contribution >= 4 is 5.69 Å². The highest BCUT2D eigenvalue weighted by Crippen LogP contribution is 2.41. The molecule has 15 heavy (non-hydrogen) atoms. The SMILES string of the molecule is CC(C)(Nc1cnccc1C#N)C1CC1. The lowest BCUT2D eigenvalue weighted by molar-refractivity contribution is 0.494. The maximum atomic E-state index is 8.95. The van der Waals surface area contributed by atoms with Crippen molar-refractivity contribution in [2.45, 2.75) is 32.2 Å². The van der Waals surface area contributed by atoms with Crippen LogP contribution in [-0.2, 0) is 0 Å². The van der Waals surface area contributed by atoms with E-state index < -0.39 is 0 Å². The van der Waals surface area contributed by atoms with Gasteiger partial charge in [0, 0.05) is 11.7 Å². The lowest BCUT2D eigenvalue weighted by atomic mass is 9.98. The Morgan fingerprint density at radius 3 is 2.87 bits per heavy atom. The Morgan fingerprint density at radius 1 is 1.53 bits per heavy atom. The van der Waals surface area contributed by atoms with Crippen molar-refractivity contribution in [2.75, 3.05) is 5.32 Å². The molecule has 0 amide bonds. The monoisotopic (exact) mass is 201 g/mol. The van der Waals surface area contributed by atoms with Crippen molar-refractivity contribution < 1.29 is 0 Å². The summed E-state index contributed by atoms with van der Waals surface area (Å²) in [5.74, 6) is 0.726. The predicted octanol–water partition coefficient (Wildman–Crippen LogP) is 2.55. The Labute approximate surface area is 90.1 Å². The lowest BCUT2D eigenvalue weighted by Gasteiger charge is -2.27. The molecule has 1 aliphatic rings. The summed E-state index contributed by atoms with van der Waals surface area (Å²) in [5, 5.41) is 12.4. The van der Waals surface area contributed by atoms with Crippen molar-refractivity contribution in [2.24, 2.45) is 5.92 Å². The molecule has 0 aromatic carbocycles. The normalized spacial score (nSPS) is 15.8. The number of nitriles is 1. The largest absolute Gasteiger partial charge is 0.378 e. The van der Waals surface area contributed by atoms with Crippen LogP contribution in [-0.4, -0.2) is 10.5 Å². The van der Waals surface area contributed by atoms with Crippen LogP contribution in [0.4, 0.5) is 5.69 Å². The number of aromatic nitrogens is 1.